The van der Waals surface area contributed by atoms with Crippen molar-refractivity contribution in [2.24, 2.45) is 0 Å². The molecule has 0 radical (unpaired) electrons. The minimum atomic E-state index is -4.31. The van der Waals surface area contributed by atoms with Crippen molar-refractivity contribution in [2.75, 3.05) is 13.2 Å². The number of alkyl halides is 3. The molecule has 0 aromatic heterocycles. The van der Waals surface area contributed by atoms with Crippen LogP contribution < -0.4 is 10.6 Å². The van der Waals surface area contributed by atoms with E-state index in [4.69, 9.17) is 0 Å². The smallest absolute Gasteiger partial charge is 0.367 e. The molecule has 23 heavy (non-hydrogen) atoms. The number of halogens is 4. The average molecular weight is 353 g/mol. The van der Waals surface area contributed by atoms with E-state index in [2.05, 4.69) is 15.4 Å². The van der Waals surface area contributed by atoms with Gasteiger partial charge in [0.2, 0.25) is 5.91 Å². The van der Waals surface area contributed by atoms with Crippen LogP contribution in [0, 0.1) is 0 Å². The van der Waals surface area contributed by atoms with E-state index in [1.807, 2.05) is 0 Å². The molecule has 1 aromatic carbocycles. The molecule has 1 fully saturated rings. The molecular weight excluding hydrogens is 333 g/mol. The van der Waals surface area contributed by atoms with E-state index in [9.17, 15) is 18.0 Å². The van der Waals surface area contributed by atoms with Crippen LogP contribution in [0.4, 0.5) is 13.2 Å². The van der Waals surface area contributed by atoms with Gasteiger partial charge in [-0.15, -0.1) is 12.4 Å². The zero-order valence-corrected chi connectivity index (χ0v) is 13.3. The number of rotatable bonds is 6. The molecule has 1 heterocycles. The van der Waals surface area contributed by atoms with Gasteiger partial charge in [-0.05, 0) is 30.5 Å². The van der Waals surface area contributed by atoms with Crippen LogP contribution in [-0.2, 0) is 22.7 Å². The Morgan fingerprint density at radius 1 is 1.26 bits per heavy atom. The molecule has 1 aliphatic heterocycles. The standard InChI is InChI=1S/C15H19F3N2O2.ClH/c16-15(17,18)10-22-9-12-5-3-11(4-6-12)8-20-14(21)13-2-1-7-19-13;/h3-6,13,19H,1-2,7-10H2,(H,20,21);1H. The molecule has 8 heteroatoms. The van der Waals surface area contributed by atoms with E-state index < -0.39 is 12.8 Å². The number of hydrogen-bond acceptors (Lipinski definition) is 3. The summed E-state index contributed by atoms with van der Waals surface area (Å²) in [4.78, 5) is 11.8. The number of nitrogens with one attached hydrogen (secondary N) is 2. The number of hydrogen-bond donors (Lipinski definition) is 2. The molecule has 1 aromatic rings. The lowest BCUT2D eigenvalue weighted by molar-refractivity contribution is -0.176. The van der Waals surface area contributed by atoms with Gasteiger partial charge in [-0.25, -0.2) is 0 Å². The SMILES string of the molecule is Cl.O=C(NCc1ccc(COCC(F)(F)F)cc1)C1CCCN1. The summed E-state index contributed by atoms with van der Waals surface area (Å²) in [6.45, 7) is -0.0667. The van der Waals surface area contributed by atoms with Crippen molar-refractivity contribution in [3.05, 3.63) is 35.4 Å². The molecule has 130 valence electrons. The third-order valence-corrected chi connectivity index (χ3v) is 3.40. The molecule has 4 nitrogen and oxygen atoms in total. The maximum atomic E-state index is 12.0. The van der Waals surface area contributed by atoms with Crippen molar-refractivity contribution >= 4 is 18.3 Å². The second kappa shape index (κ2) is 9.10. The highest BCUT2D eigenvalue weighted by Gasteiger charge is 2.27. The number of amides is 1. The largest absolute Gasteiger partial charge is 0.411 e. The monoisotopic (exact) mass is 352 g/mol. The number of carbonyl (C=O) groups excluding carboxylic acids is 1. The van der Waals surface area contributed by atoms with Crippen molar-refractivity contribution in [3.8, 4) is 0 Å². The summed E-state index contributed by atoms with van der Waals surface area (Å²) in [7, 11) is 0. The minimum absolute atomic E-state index is 0. The molecule has 0 bridgehead atoms. The summed E-state index contributed by atoms with van der Waals surface area (Å²) in [5.41, 5.74) is 1.56. The number of benzene rings is 1. The summed E-state index contributed by atoms with van der Waals surface area (Å²) >= 11 is 0. The van der Waals surface area contributed by atoms with Crippen molar-refractivity contribution < 1.29 is 22.7 Å². The van der Waals surface area contributed by atoms with Gasteiger partial charge >= 0.3 is 6.18 Å². The zero-order valence-electron chi connectivity index (χ0n) is 12.5. The molecule has 1 amide bonds. The van der Waals surface area contributed by atoms with E-state index in [0.717, 1.165) is 24.9 Å². The van der Waals surface area contributed by atoms with Gasteiger partial charge in [0.05, 0.1) is 12.6 Å². The molecule has 1 unspecified atom stereocenters. The van der Waals surface area contributed by atoms with Gasteiger partial charge < -0.3 is 15.4 Å². The Labute approximate surface area is 139 Å². The van der Waals surface area contributed by atoms with Gasteiger partial charge in [0.25, 0.3) is 0 Å². The van der Waals surface area contributed by atoms with E-state index in [0.29, 0.717) is 12.1 Å². The zero-order chi connectivity index (χ0) is 16.0. The molecule has 1 atom stereocenters. The van der Waals surface area contributed by atoms with Crippen molar-refractivity contribution in [2.45, 2.75) is 38.2 Å². The first-order valence-electron chi connectivity index (χ1n) is 7.17. The second-order valence-electron chi connectivity index (χ2n) is 5.29. The van der Waals surface area contributed by atoms with Gasteiger partial charge in [-0.2, -0.15) is 13.2 Å². The van der Waals surface area contributed by atoms with Gasteiger partial charge in [-0.1, -0.05) is 24.3 Å². The van der Waals surface area contributed by atoms with Crippen LogP contribution in [0.1, 0.15) is 24.0 Å². The first-order chi connectivity index (χ1) is 10.4. The average Bonchev–Trinajstić information content (AvgIpc) is 2.99. The summed E-state index contributed by atoms with van der Waals surface area (Å²) < 4.78 is 40.5. The van der Waals surface area contributed by atoms with E-state index in [1.165, 1.54) is 0 Å². The van der Waals surface area contributed by atoms with E-state index in [-0.39, 0.29) is 31.0 Å². The van der Waals surface area contributed by atoms with Crippen LogP contribution >= 0.6 is 12.4 Å². The first kappa shape index (κ1) is 19.7. The van der Waals surface area contributed by atoms with Gasteiger partial charge in [0, 0.05) is 6.54 Å². The minimum Gasteiger partial charge on any atom is -0.367 e. The van der Waals surface area contributed by atoms with Gasteiger partial charge in [0.1, 0.15) is 6.61 Å². The van der Waals surface area contributed by atoms with Crippen molar-refractivity contribution in [1.29, 1.82) is 0 Å². The Morgan fingerprint density at radius 3 is 2.48 bits per heavy atom. The molecule has 0 spiro atoms. The Hall–Kier alpha value is -1.31. The lowest BCUT2D eigenvalue weighted by Gasteiger charge is -2.11. The number of ether oxygens (including phenoxy) is 1. The highest BCUT2D eigenvalue weighted by Crippen LogP contribution is 2.16. The summed E-state index contributed by atoms with van der Waals surface area (Å²) in [6, 6.07) is 6.83. The maximum absolute atomic E-state index is 12.0. The fourth-order valence-electron chi connectivity index (χ4n) is 2.26. The van der Waals surface area contributed by atoms with Crippen LogP contribution in [0.25, 0.3) is 0 Å². The van der Waals surface area contributed by atoms with Crippen LogP contribution in [0.15, 0.2) is 24.3 Å². The molecule has 0 aliphatic carbocycles. The van der Waals surface area contributed by atoms with Crippen molar-refractivity contribution in [1.82, 2.24) is 10.6 Å². The lowest BCUT2D eigenvalue weighted by Crippen LogP contribution is -2.39. The second-order valence-corrected chi connectivity index (χ2v) is 5.29. The Kier molecular flexibility index (Phi) is 7.81. The highest BCUT2D eigenvalue weighted by atomic mass is 35.5. The lowest BCUT2D eigenvalue weighted by atomic mass is 10.1. The van der Waals surface area contributed by atoms with Crippen LogP contribution in [0.5, 0.6) is 0 Å². The topological polar surface area (TPSA) is 50.4 Å². The molecule has 2 rings (SSSR count). The van der Waals surface area contributed by atoms with Crippen LogP contribution in [0.3, 0.4) is 0 Å². The van der Waals surface area contributed by atoms with E-state index in [1.54, 1.807) is 24.3 Å². The normalized spacial score (nSPS) is 17.6. The maximum Gasteiger partial charge on any atom is 0.411 e. The predicted molar refractivity (Wildman–Crippen MR) is 82.3 cm³/mol. The summed E-state index contributed by atoms with van der Waals surface area (Å²) in [5.74, 6) is -0.0184. The third-order valence-electron chi connectivity index (χ3n) is 3.40. The van der Waals surface area contributed by atoms with Crippen LogP contribution in [0.2, 0.25) is 0 Å². The van der Waals surface area contributed by atoms with Gasteiger partial charge in [-0.3, -0.25) is 4.79 Å². The summed E-state index contributed by atoms with van der Waals surface area (Å²) in [5, 5.41) is 5.96. The van der Waals surface area contributed by atoms with E-state index >= 15 is 0 Å². The Morgan fingerprint density at radius 2 is 1.91 bits per heavy atom. The first-order valence-corrected chi connectivity index (χ1v) is 7.17. The molecular formula is C15H20ClF3N2O2. The third kappa shape index (κ3) is 7.20. The Balaban J connectivity index is 0.00000264. The van der Waals surface area contributed by atoms with Crippen LogP contribution in [-0.4, -0.2) is 31.3 Å². The fourth-order valence-corrected chi connectivity index (χ4v) is 2.26. The Bertz CT molecular complexity index is 488. The quantitative estimate of drug-likeness (QED) is 0.827. The molecule has 0 saturated carbocycles. The van der Waals surface area contributed by atoms with Crippen molar-refractivity contribution in [3.63, 3.8) is 0 Å². The predicted octanol–water partition coefficient (Wildman–Crippen LogP) is 2.56. The molecule has 2 N–H and O–H groups in total. The fraction of sp³-hybridized carbons (Fsp3) is 0.533. The number of carbonyl (C=O) groups is 1. The highest BCUT2D eigenvalue weighted by molar-refractivity contribution is 5.85. The molecule has 1 saturated heterocycles. The summed E-state index contributed by atoms with van der Waals surface area (Å²) in [6.07, 6.45) is -2.45. The molecule has 1 aliphatic rings. The van der Waals surface area contributed by atoms with Gasteiger partial charge in [0.15, 0.2) is 0 Å².